The SMILES string of the molecule is COC1OC1C(C)(Cc1ccc(-c2ccc(C#N)cc2)cc1)NC(=O)OCc1ccccc1. The van der Waals surface area contributed by atoms with E-state index < -0.39 is 11.6 Å². The van der Waals surface area contributed by atoms with Crippen molar-refractivity contribution in [2.45, 2.75) is 37.9 Å². The summed E-state index contributed by atoms with van der Waals surface area (Å²) in [6, 6.07) is 27.3. The molecular formula is C27H26N2O4. The molecule has 1 aliphatic heterocycles. The van der Waals surface area contributed by atoms with E-state index in [4.69, 9.17) is 19.5 Å². The van der Waals surface area contributed by atoms with E-state index in [1.165, 1.54) is 0 Å². The molecule has 1 saturated heterocycles. The number of epoxide rings is 1. The van der Waals surface area contributed by atoms with E-state index in [0.717, 1.165) is 22.3 Å². The Morgan fingerprint density at radius 1 is 1.00 bits per heavy atom. The van der Waals surface area contributed by atoms with Crippen LogP contribution >= 0.6 is 0 Å². The van der Waals surface area contributed by atoms with Crippen LogP contribution in [0.25, 0.3) is 11.1 Å². The molecule has 3 atom stereocenters. The summed E-state index contributed by atoms with van der Waals surface area (Å²) < 4.78 is 16.4. The number of nitrogens with one attached hydrogen (secondary N) is 1. The summed E-state index contributed by atoms with van der Waals surface area (Å²) in [6.45, 7) is 2.14. The van der Waals surface area contributed by atoms with Crippen molar-refractivity contribution in [1.82, 2.24) is 5.32 Å². The number of nitrogens with zero attached hydrogens (tertiary/aromatic N) is 1. The van der Waals surface area contributed by atoms with Crippen molar-refractivity contribution >= 4 is 6.09 Å². The average molecular weight is 443 g/mol. The Hall–Kier alpha value is -3.66. The first-order chi connectivity index (χ1) is 16.0. The summed E-state index contributed by atoms with van der Waals surface area (Å²) >= 11 is 0. The summed E-state index contributed by atoms with van der Waals surface area (Å²) in [7, 11) is 1.59. The molecule has 6 nitrogen and oxygen atoms in total. The molecule has 168 valence electrons. The van der Waals surface area contributed by atoms with Crippen LogP contribution in [0.1, 0.15) is 23.6 Å². The maximum Gasteiger partial charge on any atom is 0.407 e. The Morgan fingerprint density at radius 3 is 2.21 bits per heavy atom. The third-order valence-corrected chi connectivity index (χ3v) is 5.78. The van der Waals surface area contributed by atoms with E-state index in [2.05, 4.69) is 11.4 Å². The van der Waals surface area contributed by atoms with E-state index in [1.807, 2.05) is 73.7 Å². The number of carbonyl (C=O) groups excluding carboxylic acids is 1. The third-order valence-electron chi connectivity index (χ3n) is 5.78. The average Bonchev–Trinajstić information content (AvgIpc) is 3.65. The summed E-state index contributed by atoms with van der Waals surface area (Å²) in [5.41, 5.74) is 3.99. The highest BCUT2D eigenvalue weighted by atomic mass is 16.8. The first kappa shape index (κ1) is 22.5. The number of alkyl carbamates (subject to hydrolysis) is 1. The molecule has 1 fully saturated rings. The van der Waals surface area contributed by atoms with Crippen LogP contribution < -0.4 is 5.32 Å². The Kier molecular flexibility index (Phi) is 6.74. The number of amides is 1. The van der Waals surface area contributed by atoms with Crippen LogP contribution in [-0.4, -0.2) is 31.1 Å². The molecule has 4 rings (SSSR count). The molecule has 1 aliphatic rings. The molecule has 1 heterocycles. The first-order valence-electron chi connectivity index (χ1n) is 10.8. The highest BCUT2D eigenvalue weighted by Crippen LogP contribution is 2.35. The number of hydrogen-bond donors (Lipinski definition) is 1. The second-order valence-corrected chi connectivity index (χ2v) is 8.33. The van der Waals surface area contributed by atoms with E-state index in [0.29, 0.717) is 12.0 Å². The fourth-order valence-electron chi connectivity index (χ4n) is 3.91. The number of ether oxygens (including phenoxy) is 3. The molecule has 3 unspecified atom stereocenters. The summed E-state index contributed by atoms with van der Waals surface area (Å²) in [5.74, 6) is 0. The Balaban J connectivity index is 1.44. The minimum atomic E-state index is -0.704. The number of methoxy groups -OCH3 is 1. The van der Waals surface area contributed by atoms with Gasteiger partial charge in [0.15, 0.2) is 6.29 Å². The van der Waals surface area contributed by atoms with Gasteiger partial charge in [0.25, 0.3) is 0 Å². The lowest BCUT2D eigenvalue weighted by molar-refractivity contribution is 0.0949. The van der Waals surface area contributed by atoms with Gasteiger partial charge >= 0.3 is 6.09 Å². The van der Waals surface area contributed by atoms with E-state index in [-0.39, 0.29) is 19.0 Å². The van der Waals surface area contributed by atoms with Gasteiger partial charge in [-0.1, -0.05) is 66.7 Å². The van der Waals surface area contributed by atoms with Crippen molar-refractivity contribution in [3.05, 3.63) is 95.6 Å². The zero-order valence-corrected chi connectivity index (χ0v) is 18.7. The summed E-state index contributed by atoms with van der Waals surface area (Å²) in [4.78, 5) is 12.6. The largest absolute Gasteiger partial charge is 0.445 e. The highest BCUT2D eigenvalue weighted by Gasteiger charge is 2.53. The normalized spacial score (nSPS) is 18.6. The lowest BCUT2D eigenvalue weighted by Gasteiger charge is -2.29. The Labute approximate surface area is 193 Å². The van der Waals surface area contributed by atoms with Gasteiger partial charge in [-0.05, 0) is 47.7 Å². The van der Waals surface area contributed by atoms with Crippen molar-refractivity contribution in [2.75, 3.05) is 7.11 Å². The van der Waals surface area contributed by atoms with Gasteiger partial charge in [0, 0.05) is 7.11 Å². The lowest BCUT2D eigenvalue weighted by atomic mass is 9.88. The molecule has 33 heavy (non-hydrogen) atoms. The van der Waals surface area contributed by atoms with Gasteiger partial charge in [-0.2, -0.15) is 5.26 Å². The fraction of sp³-hybridized carbons (Fsp3) is 0.259. The Morgan fingerprint density at radius 2 is 1.64 bits per heavy atom. The smallest absolute Gasteiger partial charge is 0.407 e. The minimum absolute atomic E-state index is 0.196. The quantitative estimate of drug-likeness (QED) is 0.506. The molecular weight excluding hydrogens is 416 g/mol. The van der Waals surface area contributed by atoms with E-state index >= 15 is 0 Å². The van der Waals surface area contributed by atoms with Crippen LogP contribution in [-0.2, 0) is 27.2 Å². The molecule has 0 aliphatic carbocycles. The molecule has 0 bridgehead atoms. The van der Waals surface area contributed by atoms with E-state index in [1.54, 1.807) is 19.2 Å². The minimum Gasteiger partial charge on any atom is -0.445 e. The van der Waals surface area contributed by atoms with Gasteiger partial charge in [-0.15, -0.1) is 0 Å². The van der Waals surface area contributed by atoms with Crippen molar-refractivity contribution in [3.63, 3.8) is 0 Å². The first-order valence-corrected chi connectivity index (χ1v) is 10.8. The van der Waals surface area contributed by atoms with Crippen LogP contribution in [0.15, 0.2) is 78.9 Å². The molecule has 0 spiro atoms. The molecule has 1 amide bonds. The van der Waals surface area contributed by atoms with Gasteiger partial charge in [0.2, 0.25) is 0 Å². The second kappa shape index (κ2) is 9.86. The molecule has 0 aromatic heterocycles. The third kappa shape index (κ3) is 5.58. The molecule has 3 aromatic carbocycles. The molecule has 1 N–H and O–H groups in total. The van der Waals surface area contributed by atoms with Crippen molar-refractivity contribution in [1.29, 1.82) is 5.26 Å². The predicted octanol–water partition coefficient (Wildman–Crippen LogP) is 4.82. The van der Waals surface area contributed by atoms with Gasteiger partial charge in [-0.3, -0.25) is 0 Å². The van der Waals surface area contributed by atoms with Crippen LogP contribution in [0.4, 0.5) is 4.79 Å². The number of hydrogen-bond acceptors (Lipinski definition) is 5. The number of benzene rings is 3. The molecule has 6 heteroatoms. The van der Waals surface area contributed by atoms with Gasteiger partial charge in [-0.25, -0.2) is 4.79 Å². The fourth-order valence-corrected chi connectivity index (χ4v) is 3.91. The lowest BCUT2D eigenvalue weighted by Crippen LogP contribution is -2.53. The van der Waals surface area contributed by atoms with Gasteiger partial charge in [0.1, 0.15) is 12.7 Å². The van der Waals surface area contributed by atoms with Gasteiger partial charge in [0.05, 0.1) is 17.2 Å². The van der Waals surface area contributed by atoms with E-state index in [9.17, 15) is 4.79 Å². The predicted molar refractivity (Wildman–Crippen MR) is 124 cm³/mol. The van der Waals surface area contributed by atoms with Crippen LogP contribution in [0.3, 0.4) is 0 Å². The monoisotopic (exact) mass is 442 g/mol. The standard InChI is InChI=1S/C27H26N2O4/c1-27(24-25(31-2)33-24,29-26(30)32-18-21-6-4-3-5-7-21)16-19-8-12-22(13-9-19)23-14-10-20(17-28)11-15-23/h3-15,24-25H,16,18H2,1-2H3,(H,29,30). The molecule has 0 saturated carbocycles. The second-order valence-electron chi connectivity index (χ2n) is 8.33. The Bertz CT molecular complexity index is 1120. The van der Waals surface area contributed by atoms with Crippen molar-refractivity contribution < 1.29 is 19.0 Å². The van der Waals surface area contributed by atoms with Crippen LogP contribution in [0.2, 0.25) is 0 Å². The van der Waals surface area contributed by atoms with Crippen molar-refractivity contribution in [2.24, 2.45) is 0 Å². The van der Waals surface area contributed by atoms with Gasteiger partial charge < -0.3 is 19.5 Å². The van der Waals surface area contributed by atoms with Crippen LogP contribution in [0.5, 0.6) is 0 Å². The summed E-state index contributed by atoms with van der Waals surface area (Å²) in [6.07, 6.45) is -0.584. The maximum atomic E-state index is 12.6. The van der Waals surface area contributed by atoms with Crippen LogP contribution in [0, 0.1) is 11.3 Å². The molecule has 3 aromatic rings. The number of carbonyl (C=O) groups is 1. The number of nitriles is 1. The highest BCUT2D eigenvalue weighted by molar-refractivity contribution is 5.69. The maximum absolute atomic E-state index is 12.6. The van der Waals surface area contributed by atoms with Crippen molar-refractivity contribution in [3.8, 4) is 17.2 Å². The summed E-state index contributed by atoms with van der Waals surface area (Å²) in [5, 5.41) is 12.0. The zero-order chi connectivity index (χ0) is 23.3. The zero-order valence-electron chi connectivity index (χ0n) is 18.7. The molecule has 0 radical (unpaired) electrons. The number of rotatable bonds is 8. The topological polar surface area (TPSA) is 83.9 Å².